The van der Waals surface area contributed by atoms with Crippen molar-refractivity contribution in [2.24, 2.45) is 0 Å². The molecule has 98 valence electrons. The van der Waals surface area contributed by atoms with E-state index in [4.69, 9.17) is 21.1 Å². The first-order chi connectivity index (χ1) is 9.31. The van der Waals surface area contributed by atoms with Crippen molar-refractivity contribution in [3.63, 3.8) is 0 Å². The van der Waals surface area contributed by atoms with Gasteiger partial charge in [-0.05, 0) is 30.3 Å². The Labute approximate surface area is 117 Å². The molecular weight excluding hydrogens is 262 g/mol. The summed E-state index contributed by atoms with van der Waals surface area (Å²) in [5.74, 6) is 1.68. The maximum Gasteiger partial charge on any atom is 0.231 e. The Morgan fingerprint density at radius 3 is 2.42 bits per heavy atom. The summed E-state index contributed by atoms with van der Waals surface area (Å²) < 4.78 is 10.7. The third kappa shape index (κ3) is 3.00. The van der Waals surface area contributed by atoms with Gasteiger partial charge in [-0.25, -0.2) is 0 Å². The van der Waals surface area contributed by atoms with Crippen LogP contribution in [0.1, 0.15) is 11.1 Å². The van der Waals surface area contributed by atoms with Crippen LogP contribution in [0.2, 0.25) is 5.02 Å². The molecule has 0 spiro atoms. The van der Waals surface area contributed by atoms with Gasteiger partial charge < -0.3 is 14.8 Å². The van der Waals surface area contributed by atoms with E-state index in [-0.39, 0.29) is 0 Å². The summed E-state index contributed by atoms with van der Waals surface area (Å²) in [4.78, 5) is 0. The van der Waals surface area contributed by atoms with E-state index in [1.807, 2.05) is 24.3 Å². The molecule has 4 heteroatoms. The van der Waals surface area contributed by atoms with Gasteiger partial charge in [-0.15, -0.1) is 0 Å². The molecule has 2 N–H and O–H groups in total. The normalized spacial score (nSPS) is 12.7. The van der Waals surface area contributed by atoms with Crippen molar-refractivity contribution in [2.45, 2.75) is 13.1 Å². The van der Waals surface area contributed by atoms with Crippen molar-refractivity contribution in [3.8, 4) is 11.5 Å². The minimum absolute atomic E-state index is 0.327. The Morgan fingerprint density at radius 1 is 0.895 bits per heavy atom. The monoisotopic (exact) mass is 276 g/mol. The number of halogens is 1. The third-order valence-electron chi connectivity index (χ3n) is 3.11. The number of ether oxygens (including phenoxy) is 2. The van der Waals surface area contributed by atoms with E-state index >= 15 is 0 Å². The topological polar surface area (TPSA) is 35.1 Å². The van der Waals surface area contributed by atoms with Crippen LogP contribution in [-0.4, -0.2) is 6.79 Å². The lowest BCUT2D eigenvalue weighted by Crippen LogP contribution is -2.80. The van der Waals surface area contributed by atoms with Crippen LogP contribution in [0.3, 0.4) is 0 Å². The van der Waals surface area contributed by atoms with Gasteiger partial charge in [0.15, 0.2) is 11.5 Å². The van der Waals surface area contributed by atoms with Crippen molar-refractivity contribution in [3.05, 3.63) is 58.6 Å². The van der Waals surface area contributed by atoms with Crippen LogP contribution < -0.4 is 14.8 Å². The summed E-state index contributed by atoms with van der Waals surface area (Å²) in [6.45, 7) is 2.18. The molecule has 0 saturated heterocycles. The molecular formula is C15H15ClNO2+. The standard InChI is InChI=1S/C15H14ClNO2/c16-13-4-1-11(2-5-13)8-17-9-12-3-6-14-15(7-12)19-10-18-14/h1-7,17H,8-10H2/p+1. The Hall–Kier alpha value is -1.71. The van der Waals surface area contributed by atoms with Crippen molar-refractivity contribution in [1.82, 2.24) is 0 Å². The number of hydrogen-bond acceptors (Lipinski definition) is 2. The molecule has 1 aliphatic heterocycles. The lowest BCUT2D eigenvalue weighted by atomic mass is 10.2. The molecule has 0 saturated carbocycles. The molecule has 0 aliphatic carbocycles. The van der Waals surface area contributed by atoms with Gasteiger partial charge in [-0.1, -0.05) is 23.7 Å². The van der Waals surface area contributed by atoms with Crippen LogP contribution in [0.5, 0.6) is 11.5 Å². The second-order valence-corrected chi connectivity index (χ2v) is 4.95. The van der Waals surface area contributed by atoms with Crippen LogP contribution >= 0.6 is 11.6 Å². The van der Waals surface area contributed by atoms with E-state index in [2.05, 4.69) is 23.5 Å². The third-order valence-corrected chi connectivity index (χ3v) is 3.36. The van der Waals surface area contributed by atoms with Crippen LogP contribution in [0.15, 0.2) is 42.5 Å². The molecule has 2 aromatic rings. The summed E-state index contributed by atoms with van der Waals surface area (Å²) in [5, 5.41) is 3.03. The highest BCUT2D eigenvalue weighted by Gasteiger charge is 2.13. The van der Waals surface area contributed by atoms with Crippen LogP contribution in [0.4, 0.5) is 0 Å². The largest absolute Gasteiger partial charge is 0.454 e. The second kappa shape index (κ2) is 5.51. The van der Waals surface area contributed by atoms with E-state index in [1.165, 1.54) is 11.1 Å². The number of hydrogen-bond donors (Lipinski definition) is 1. The maximum absolute atomic E-state index is 5.86. The van der Waals surface area contributed by atoms with Crippen molar-refractivity contribution >= 4 is 11.6 Å². The number of nitrogens with two attached hydrogens (primary N) is 1. The molecule has 19 heavy (non-hydrogen) atoms. The van der Waals surface area contributed by atoms with E-state index in [0.717, 1.165) is 29.6 Å². The number of quaternary nitrogens is 1. The predicted molar refractivity (Wildman–Crippen MR) is 73.4 cm³/mol. The van der Waals surface area contributed by atoms with E-state index in [0.29, 0.717) is 6.79 Å². The molecule has 0 aromatic heterocycles. The fourth-order valence-electron chi connectivity index (χ4n) is 2.09. The summed E-state index contributed by atoms with van der Waals surface area (Å²) in [6.07, 6.45) is 0. The van der Waals surface area contributed by atoms with Gasteiger partial charge in [0.05, 0.1) is 0 Å². The van der Waals surface area contributed by atoms with Gasteiger partial charge in [-0.3, -0.25) is 0 Å². The molecule has 0 bridgehead atoms. The summed E-state index contributed by atoms with van der Waals surface area (Å²) in [7, 11) is 0. The molecule has 0 fully saturated rings. The molecule has 3 nitrogen and oxygen atoms in total. The van der Waals surface area contributed by atoms with E-state index < -0.39 is 0 Å². The Morgan fingerprint density at radius 2 is 1.58 bits per heavy atom. The average Bonchev–Trinajstić information content (AvgIpc) is 2.88. The SMILES string of the molecule is Clc1ccc(C[NH2+]Cc2ccc3c(c2)OCO3)cc1. The van der Waals surface area contributed by atoms with Gasteiger partial charge in [0, 0.05) is 16.1 Å². The summed E-state index contributed by atoms with van der Waals surface area (Å²) in [5.41, 5.74) is 2.50. The molecule has 0 radical (unpaired) electrons. The molecule has 0 amide bonds. The molecule has 2 aromatic carbocycles. The minimum atomic E-state index is 0.327. The number of rotatable bonds is 4. The van der Waals surface area contributed by atoms with E-state index in [1.54, 1.807) is 0 Å². The molecule has 0 unspecified atom stereocenters. The van der Waals surface area contributed by atoms with Gasteiger partial charge in [-0.2, -0.15) is 0 Å². The zero-order chi connectivity index (χ0) is 13.1. The van der Waals surface area contributed by atoms with Gasteiger partial charge >= 0.3 is 0 Å². The molecule has 0 atom stereocenters. The van der Waals surface area contributed by atoms with Gasteiger partial charge in [0.2, 0.25) is 6.79 Å². The highest BCUT2D eigenvalue weighted by atomic mass is 35.5. The van der Waals surface area contributed by atoms with Crippen molar-refractivity contribution in [2.75, 3.05) is 6.79 Å². The fraction of sp³-hybridized carbons (Fsp3) is 0.200. The van der Waals surface area contributed by atoms with Gasteiger partial charge in [0.25, 0.3) is 0 Å². The molecule has 3 rings (SSSR count). The highest BCUT2D eigenvalue weighted by Crippen LogP contribution is 2.32. The lowest BCUT2D eigenvalue weighted by molar-refractivity contribution is -0.686. The summed E-state index contributed by atoms with van der Waals surface area (Å²) >= 11 is 5.86. The lowest BCUT2D eigenvalue weighted by Gasteiger charge is -2.04. The molecule has 1 aliphatic rings. The number of benzene rings is 2. The quantitative estimate of drug-likeness (QED) is 0.930. The van der Waals surface area contributed by atoms with Crippen LogP contribution in [0, 0.1) is 0 Å². The Balaban J connectivity index is 1.56. The maximum atomic E-state index is 5.86. The first-order valence-corrected chi connectivity index (χ1v) is 6.64. The average molecular weight is 277 g/mol. The van der Waals surface area contributed by atoms with Crippen molar-refractivity contribution < 1.29 is 14.8 Å². The highest BCUT2D eigenvalue weighted by molar-refractivity contribution is 6.30. The zero-order valence-electron chi connectivity index (χ0n) is 10.4. The fourth-order valence-corrected chi connectivity index (χ4v) is 2.22. The Bertz CT molecular complexity index is 569. The van der Waals surface area contributed by atoms with Crippen molar-refractivity contribution in [1.29, 1.82) is 0 Å². The smallest absolute Gasteiger partial charge is 0.231 e. The zero-order valence-corrected chi connectivity index (χ0v) is 11.2. The van der Waals surface area contributed by atoms with Gasteiger partial charge in [0.1, 0.15) is 13.1 Å². The molecule has 1 heterocycles. The number of fused-ring (bicyclic) bond motifs is 1. The first kappa shape index (κ1) is 12.3. The minimum Gasteiger partial charge on any atom is -0.454 e. The van der Waals surface area contributed by atoms with Crippen LogP contribution in [0.25, 0.3) is 0 Å². The Kier molecular flexibility index (Phi) is 3.58. The second-order valence-electron chi connectivity index (χ2n) is 4.51. The summed E-state index contributed by atoms with van der Waals surface area (Å²) in [6, 6.07) is 14.0. The predicted octanol–water partition coefficient (Wildman–Crippen LogP) is 2.33. The van der Waals surface area contributed by atoms with E-state index in [9.17, 15) is 0 Å². The first-order valence-electron chi connectivity index (χ1n) is 6.26. The van der Waals surface area contributed by atoms with Crippen LogP contribution in [-0.2, 0) is 13.1 Å².